The molecule has 2 aliphatic heterocycles. The third-order valence-corrected chi connectivity index (χ3v) is 9.99. The zero-order valence-corrected chi connectivity index (χ0v) is 24.7. The molecule has 2 aliphatic rings. The number of halogens is 4. The van der Waals surface area contributed by atoms with Crippen LogP contribution in [0.4, 0.5) is 0 Å². The highest BCUT2D eigenvalue weighted by molar-refractivity contribution is 9.13. The van der Waals surface area contributed by atoms with Crippen LogP contribution in [0.3, 0.4) is 0 Å². The molecule has 0 unspecified atom stereocenters. The second kappa shape index (κ2) is 8.52. The molecule has 0 spiro atoms. The van der Waals surface area contributed by atoms with Crippen molar-refractivity contribution in [1.82, 2.24) is 19.9 Å². The van der Waals surface area contributed by atoms with Crippen LogP contribution >= 0.6 is 63.7 Å². The summed E-state index contributed by atoms with van der Waals surface area (Å²) < 4.78 is 3.69. The number of H-pyrrole nitrogens is 2. The van der Waals surface area contributed by atoms with E-state index in [9.17, 15) is 0 Å². The van der Waals surface area contributed by atoms with Crippen LogP contribution in [0.15, 0.2) is 90.7 Å². The zero-order valence-electron chi connectivity index (χ0n) is 18.3. The number of benzene rings is 2. The fourth-order valence-electron chi connectivity index (χ4n) is 4.75. The molecule has 7 rings (SSSR count). The third-order valence-electron chi connectivity index (χ3n) is 6.42. The van der Waals surface area contributed by atoms with Crippen molar-refractivity contribution in [3.8, 4) is 45.0 Å². The lowest BCUT2D eigenvalue weighted by molar-refractivity contribution is 1.38. The summed E-state index contributed by atoms with van der Waals surface area (Å²) in [6.07, 6.45) is 0. The maximum absolute atomic E-state index is 5.06. The standard InChI is InChI=1S/C28H14Br4N4/c29-18-9-13-10-19-14-5-1-2-6-15(14)20(34-19)11-21-16-7-3-4-8-17(16)22(35-21)12-23-24(30)25(31)28(36-23)26(32)27(18)33-13/h1-12,33,36H. The largest absolute Gasteiger partial charge is 0.354 e. The number of fused-ring (bicyclic) bond motifs is 14. The molecule has 8 heteroatoms. The number of hydrogen-bond donors (Lipinski definition) is 2. The van der Waals surface area contributed by atoms with E-state index in [0.717, 1.165) is 85.0 Å². The Morgan fingerprint density at radius 3 is 1.61 bits per heavy atom. The van der Waals surface area contributed by atoms with Gasteiger partial charge in [-0.15, -0.1) is 0 Å². The lowest BCUT2D eigenvalue weighted by Crippen LogP contribution is -1.77. The summed E-state index contributed by atoms with van der Waals surface area (Å²) in [4.78, 5) is 17.2. The first-order valence-electron chi connectivity index (χ1n) is 11.1. The molecule has 174 valence electrons. The Bertz CT molecular complexity index is 1900. The second-order valence-electron chi connectivity index (χ2n) is 8.59. The predicted octanol–water partition coefficient (Wildman–Crippen LogP) is 10.0. The highest BCUT2D eigenvalue weighted by atomic mass is 79.9. The third kappa shape index (κ3) is 3.49. The maximum Gasteiger partial charge on any atom is 0.0738 e. The van der Waals surface area contributed by atoms with Crippen molar-refractivity contribution in [2.24, 2.45) is 0 Å². The van der Waals surface area contributed by atoms with E-state index in [-0.39, 0.29) is 0 Å². The Morgan fingerprint density at radius 2 is 1.03 bits per heavy atom. The highest BCUT2D eigenvalue weighted by Crippen LogP contribution is 2.42. The van der Waals surface area contributed by atoms with Crippen LogP contribution in [0, 0.1) is 0 Å². The van der Waals surface area contributed by atoms with Gasteiger partial charge < -0.3 is 9.97 Å². The number of rotatable bonds is 0. The summed E-state index contributed by atoms with van der Waals surface area (Å²) in [6.45, 7) is 0. The summed E-state index contributed by atoms with van der Waals surface area (Å²) in [5.74, 6) is 0. The van der Waals surface area contributed by atoms with Crippen molar-refractivity contribution in [2.75, 3.05) is 0 Å². The molecular weight excluding hydrogens is 712 g/mol. The molecule has 0 saturated heterocycles. The highest BCUT2D eigenvalue weighted by Gasteiger charge is 2.20. The molecule has 2 N–H and O–H groups in total. The van der Waals surface area contributed by atoms with E-state index in [0.29, 0.717) is 0 Å². The van der Waals surface area contributed by atoms with Crippen LogP contribution in [-0.4, -0.2) is 19.9 Å². The van der Waals surface area contributed by atoms with Gasteiger partial charge in [-0.2, -0.15) is 0 Å². The van der Waals surface area contributed by atoms with Gasteiger partial charge >= 0.3 is 0 Å². The van der Waals surface area contributed by atoms with E-state index in [2.05, 4.69) is 140 Å². The minimum atomic E-state index is 0.892. The Hall–Kier alpha value is -2.52. The van der Waals surface area contributed by atoms with Crippen molar-refractivity contribution in [1.29, 1.82) is 0 Å². The van der Waals surface area contributed by atoms with E-state index < -0.39 is 0 Å². The van der Waals surface area contributed by atoms with Crippen molar-refractivity contribution < 1.29 is 0 Å². The number of nitrogens with zero attached hydrogens (tertiary/aromatic N) is 2. The van der Waals surface area contributed by atoms with Crippen molar-refractivity contribution >= 4 is 85.8 Å². The molecule has 5 aromatic rings. The van der Waals surface area contributed by atoms with Gasteiger partial charge in [0.15, 0.2) is 0 Å². The fraction of sp³-hybridized carbons (Fsp3) is 0. The monoisotopic (exact) mass is 722 g/mol. The minimum absolute atomic E-state index is 0.892. The van der Waals surface area contributed by atoms with Gasteiger partial charge in [0, 0.05) is 32.2 Å². The molecule has 0 atom stereocenters. The maximum atomic E-state index is 5.06. The average Bonchev–Trinajstić information content (AvgIpc) is 3.60. The van der Waals surface area contributed by atoms with Crippen LogP contribution < -0.4 is 0 Å². The summed E-state index contributed by atoms with van der Waals surface area (Å²) in [5, 5.41) is 0. The molecular formula is C28H14Br4N4. The topological polar surface area (TPSA) is 57.4 Å². The molecule has 0 aliphatic carbocycles. The van der Waals surface area contributed by atoms with Gasteiger partial charge in [0.25, 0.3) is 0 Å². The fourth-order valence-corrected chi connectivity index (χ4v) is 7.36. The Morgan fingerprint density at radius 1 is 0.500 bits per heavy atom. The number of aromatic amines is 2. The molecule has 0 fully saturated rings. The minimum Gasteiger partial charge on any atom is -0.354 e. The van der Waals surface area contributed by atoms with Crippen LogP contribution in [0.25, 0.3) is 67.1 Å². The molecule has 0 amide bonds. The van der Waals surface area contributed by atoms with Gasteiger partial charge in [-0.05, 0) is 88.0 Å². The van der Waals surface area contributed by atoms with Crippen molar-refractivity contribution in [3.05, 3.63) is 90.7 Å². The predicted molar refractivity (Wildman–Crippen MR) is 161 cm³/mol. The first-order chi connectivity index (χ1) is 17.5. The van der Waals surface area contributed by atoms with Crippen molar-refractivity contribution in [2.45, 2.75) is 0 Å². The molecule has 4 nitrogen and oxygen atoms in total. The van der Waals surface area contributed by atoms with E-state index in [4.69, 9.17) is 9.97 Å². The quantitative estimate of drug-likeness (QED) is 0.164. The summed E-state index contributed by atoms with van der Waals surface area (Å²) in [5.41, 5.74) is 11.7. The van der Waals surface area contributed by atoms with Gasteiger partial charge in [-0.1, -0.05) is 48.5 Å². The molecule has 36 heavy (non-hydrogen) atoms. The van der Waals surface area contributed by atoms with Gasteiger partial charge in [-0.3, -0.25) is 0 Å². The van der Waals surface area contributed by atoms with Gasteiger partial charge in [0.05, 0.1) is 52.7 Å². The Kier molecular flexibility index (Phi) is 5.36. The second-order valence-corrected chi connectivity index (χ2v) is 11.8. The molecule has 0 saturated carbocycles. The van der Waals surface area contributed by atoms with E-state index in [1.54, 1.807) is 0 Å². The van der Waals surface area contributed by atoms with Crippen LogP contribution in [0.1, 0.15) is 0 Å². The van der Waals surface area contributed by atoms with E-state index in [1.807, 2.05) is 6.07 Å². The van der Waals surface area contributed by atoms with Gasteiger partial charge in [0.1, 0.15) is 0 Å². The van der Waals surface area contributed by atoms with Gasteiger partial charge in [0.2, 0.25) is 0 Å². The zero-order chi connectivity index (χ0) is 24.6. The Labute approximate surface area is 239 Å². The summed E-state index contributed by atoms with van der Waals surface area (Å²) in [7, 11) is 0. The van der Waals surface area contributed by atoms with Crippen LogP contribution in [-0.2, 0) is 0 Å². The number of hydrogen-bond acceptors (Lipinski definition) is 2. The molecule has 5 heterocycles. The first-order valence-corrected chi connectivity index (χ1v) is 14.3. The van der Waals surface area contributed by atoms with E-state index >= 15 is 0 Å². The molecule has 3 aromatic heterocycles. The first kappa shape index (κ1) is 22.7. The average molecular weight is 726 g/mol. The van der Waals surface area contributed by atoms with Crippen molar-refractivity contribution in [3.63, 3.8) is 0 Å². The summed E-state index contributed by atoms with van der Waals surface area (Å²) >= 11 is 15.1. The lowest BCUT2D eigenvalue weighted by Gasteiger charge is -1.99. The normalized spacial score (nSPS) is 11.9. The Balaban J connectivity index is 1.69. The van der Waals surface area contributed by atoms with Gasteiger partial charge in [-0.25, -0.2) is 9.97 Å². The molecule has 2 aromatic carbocycles. The smallest absolute Gasteiger partial charge is 0.0738 e. The number of aromatic nitrogens is 4. The van der Waals surface area contributed by atoms with Crippen LogP contribution in [0.2, 0.25) is 0 Å². The number of nitrogens with one attached hydrogen (secondary N) is 2. The molecule has 8 bridgehead atoms. The van der Waals surface area contributed by atoms with E-state index in [1.165, 1.54) is 0 Å². The molecule has 0 radical (unpaired) electrons. The SMILES string of the molecule is Brc1c(Br)c2[nH]c1cc1nc(cc3nc(cc4cc(Br)c([nH]4)c2Br)-c2ccccc2-3)-c2ccccc2-1. The summed E-state index contributed by atoms with van der Waals surface area (Å²) in [6, 6.07) is 25.0. The lowest BCUT2D eigenvalue weighted by atomic mass is 10.0. The van der Waals surface area contributed by atoms with Crippen LogP contribution in [0.5, 0.6) is 0 Å².